The number of rotatable bonds is 5. The minimum absolute atomic E-state index is 0.791. The largest absolute Gasteiger partial charge is 0.317 e. The van der Waals surface area contributed by atoms with E-state index in [9.17, 15) is 0 Å². The van der Waals surface area contributed by atoms with E-state index in [1.54, 1.807) is 0 Å². The summed E-state index contributed by atoms with van der Waals surface area (Å²) in [5.74, 6) is 1.07. The minimum Gasteiger partial charge on any atom is -0.317 e. The molecule has 0 amide bonds. The fourth-order valence-electron chi connectivity index (χ4n) is 3.33. The molecule has 0 aromatic carbocycles. The molecule has 3 aliphatic rings. The Morgan fingerprint density at radius 1 is 1.00 bits per heavy atom. The van der Waals surface area contributed by atoms with Crippen LogP contribution >= 0.6 is 0 Å². The van der Waals surface area contributed by atoms with Gasteiger partial charge < -0.3 is 5.32 Å². The second-order valence-electron chi connectivity index (χ2n) is 6.18. The van der Waals surface area contributed by atoms with Gasteiger partial charge in [-0.05, 0) is 57.9 Å². The van der Waals surface area contributed by atoms with E-state index in [4.69, 9.17) is 0 Å². The maximum absolute atomic E-state index is 3.49. The molecule has 3 rings (SSSR count). The summed E-state index contributed by atoms with van der Waals surface area (Å²) in [7, 11) is 2.13. The van der Waals surface area contributed by atoms with E-state index < -0.39 is 0 Å². The van der Waals surface area contributed by atoms with Crippen molar-refractivity contribution in [2.24, 2.45) is 5.92 Å². The van der Waals surface area contributed by atoms with Crippen LogP contribution in [0.5, 0.6) is 0 Å². The van der Waals surface area contributed by atoms with Crippen molar-refractivity contribution in [3.8, 4) is 0 Å². The number of nitrogens with zero attached hydrogens (tertiary/aromatic N) is 1. The van der Waals surface area contributed by atoms with Crippen LogP contribution in [-0.2, 0) is 0 Å². The lowest BCUT2D eigenvalue weighted by Gasteiger charge is -2.38. The van der Waals surface area contributed by atoms with Crippen LogP contribution in [0.25, 0.3) is 0 Å². The molecular formula is C14H26N2. The van der Waals surface area contributed by atoms with Crippen LogP contribution in [0.2, 0.25) is 0 Å². The van der Waals surface area contributed by atoms with E-state index in [2.05, 4.69) is 17.3 Å². The van der Waals surface area contributed by atoms with E-state index in [1.165, 1.54) is 57.9 Å². The summed E-state index contributed by atoms with van der Waals surface area (Å²) < 4.78 is 0. The highest BCUT2D eigenvalue weighted by Crippen LogP contribution is 2.38. The van der Waals surface area contributed by atoms with E-state index >= 15 is 0 Å². The van der Waals surface area contributed by atoms with Crippen LogP contribution in [0.4, 0.5) is 0 Å². The molecule has 2 heteroatoms. The highest BCUT2D eigenvalue weighted by molar-refractivity contribution is 4.94. The van der Waals surface area contributed by atoms with Gasteiger partial charge >= 0.3 is 0 Å². The third kappa shape index (κ3) is 2.60. The van der Waals surface area contributed by atoms with E-state index in [0.717, 1.165) is 24.0 Å². The minimum atomic E-state index is 0.791. The highest BCUT2D eigenvalue weighted by atomic mass is 15.2. The molecule has 16 heavy (non-hydrogen) atoms. The Hall–Kier alpha value is -0.0800. The molecule has 0 radical (unpaired) electrons. The number of hydrogen-bond acceptors (Lipinski definition) is 2. The normalized spacial score (nSPS) is 35.6. The zero-order valence-electron chi connectivity index (χ0n) is 10.6. The van der Waals surface area contributed by atoms with Crippen molar-refractivity contribution in [1.82, 2.24) is 10.2 Å². The molecule has 0 heterocycles. The lowest BCUT2D eigenvalue weighted by molar-refractivity contribution is 0.127. The summed E-state index contributed by atoms with van der Waals surface area (Å²) in [5, 5.41) is 3.49. The third-order valence-corrected chi connectivity index (χ3v) is 4.71. The van der Waals surface area contributed by atoms with Gasteiger partial charge in [0.1, 0.15) is 0 Å². The molecule has 1 N–H and O–H groups in total. The van der Waals surface area contributed by atoms with Crippen LogP contribution in [-0.4, -0.2) is 36.6 Å². The van der Waals surface area contributed by atoms with Crippen LogP contribution in [0, 0.1) is 5.92 Å². The van der Waals surface area contributed by atoms with Gasteiger partial charge in [-0.3, -0.25) is 4.90 Å². The molecule has 0 spiro atoms. The topological polar surface area (TPSA) is 15.3 Å². The molecular weight excluding hydrogens is 196 g/mol. The van der Waals surface area contributed by atoms with Gasteiger partial charge in [-0.25, -0.2) is 0 Å². The van der Waals surface area contributed by atoms with Crippen molar-refractivity contribution >= 4 is 0 Å². The summed E-state index contributed by atoms with van der Waals surface area (Å²) in [4.78, 5) is 2.89. The molecule has 3 fully saturated rings. The zero-order chi connectivity index (χ0) is 11.0. The third-order valence-electron chi connectivity index (χ3n) is 4.71. The van der Waals surface area contributed by atoms with Crippen molar-refractivity contribution in [1.29, 1.82) is 0 Å². The van der Waals surface area contributed by atoms with E-state index in [1.807, 2.05) is 0 Å². The summed E-state index contributed by atoms with van der Waals surface area (Å²) in [6.07, 6.45) is 11.7. The Morgan fingerprint density at radius 3 is 2.44 bits per heavy atom. The van der Waals surface area contributed by atoms with Gasteiger partial charge in [0.25, 0.3) is 0 Å². The second kappa shape index (κ2) is 4.66. The predicted molar refractivity (Wildman–Crippen MR) is 67.6 cm³/mol. The first kappa shape index (κ1) is 11.0. The molecule has 0 aliphatic heterocycles. The Labute approximate surface area is 99.8 Å². The predicted octanol–water partition coefficient (Wildman–Crippen LogP) is 2.39. The lowest BCUT2D eigenvalue weighted by Crippen LogP contribution is -2.45. The summed E-state index contributed by atoms with van der Waals surface area (Å²) in [6, 6.07) is 2.67. The molecule has 2 atom stereocenters. The quantitative estimate of drug-likeness (QED) is 0.768. The van der Waals surface area contributed by atoms with Crippen LogP contribution in [0.1, 0.15) is 51.4 Å². The maximum Gasteiger partial charge on any atom is 0.0113 e. The summed E-state index contributed by atoms with van der Waals surface area (Å²) in [5.41, 5.74) is 0. The first-order chi connectivity index (χ1) is 7.86. The van der Waals surface area contributed by atoms with Gasteiger partial charge in [0.05, 0.1) is 0 Å². The molecule has 3 saturated carbocycles. The molecule has 0 aromatic rings. The van der Waals surface area contributed by atoms with Crippen LogP contribution in [0.3, 0.4) is 0 Å². The van der Waals surface area contributed by atoms with Gasteiger partial charge in [0, 0.05) is 24.7 Å². The number of hydrogen-bond donors (Lipinski definition) is 1. The van der Waals surface area contributed by atoms with Crippen LogP contribution in [0.15, 0.2) is 0 Å². The molecule has 2 unspecified atom stereocenters. The fraction of sp³-hybridized carbons (Fsp3) is 1.00. The van der Waals surface area contributed by atoms with Crippen molar-refractivity contribution < 1.29 is 0 Å². The van der Waals surface area contributed by atoms with Gasteiger partial charge in [-0.1, -0.05) is 6.42 Å². The second-order valence-corrected chi connectivity index (χ2v) is 6.18. The number of nitrogens with one attached hydrogen (secondary N) is 1. The summed E-state index contributed by atoms with van der Waals surface area (Å²) >= 11 is 0. The molecule has 0 aromatic heterocycles. The first-order valence-corrected chi connectivity index (χ1v) is 7.30. The Balaban J connectivity index is 1.58. The average molecular weight is 222 g/mol. The zero-order valence-corrected chi connectivity index (χ0v) is 10.6. The Bertz CT molecular complexity index is 233. The van der Waals surface area contributed by atoms with Gasteiger partial charge in [-0.2, -0.15) is 0 Å². The van der Waals surface area contributed by atoms with Gasteiger partial charge in [0.2, 0.25) is 0 Å². The maximum atomic E-state index is 3.49. The standard InChI is InChI=1S/C14H26N2/c1-15-12-3-2-4-14(9-12)16(13-7-8-13)10-11-5-6-11/h11-15H,2-10H2,1H3. The van der Waals surface area contributed by atoms with Crippen molar-refractivity contribution in [3.63, 3.8) is 0 Å². The van der Waals surface area contributed by atoms with Crippen molar-refractivity contribution in [2.45, 2.75) is 69.5 Å². The average Bonchev–Trinajstić information content (AvgIpc) is 3.16. The molecule has 2 nitrogen and oxygen atoms in total. The summed E-state index contributed by atoms with van der Waals surface area (Å²) in [6.45, 7) is 1.42. The van der Waals surface area contributed by atoms with E-state index in [-0.39, 0.29) is 0 Å². The SMILES string of the molecule is CNC1CCCC(N(CC2CC2)C2CC2)C1. The fourth-order valence-corrected chi connectivity index (χ4v) is 3.33. The first-order valence-electron chi connectivity index (χ1n) is 7.30. The van der Waals surface area contributed by atoms with Crippen molar-refractivity contribution in [2.75, 3.05) is 13.6 Å². The molecule has 92 valence electrons. The molecule has 3 aliphatic carbocycles. The molecule has 0 bridgehead atoms. The smallest absolute Gasteiger partial charge is 0.0113 e. The van der Waals surface area contributed by atoms with E-state index in [0.29, 0.717) is 0 Å². The monoisotopic (exact) mass is 222 g/mol. The highest BCUT2D eigenvalue weighted by Gasteiger charge is 2.38. The lowest BCUT2D eigenvalue weighted by atomic mass is 9.89. The Morgan fingerprint density at radius 2 is 1.81 bits per heavy atom. The Kier molecular flexibility index (Phi) is 3.21. The van der Waals surface area contributed by atoms with Crippen LogP contribution < -0.4 is 5.32 Å². The molecule has 0 saturated heterocycles. The van der Waals surface area contributed by atoms with Gasteiger partial charge in [0.15, 0.2) is 0 Å². The van der Waals surface area contributed by atoms with Gasteiger partial charge in [-0.15, -0.1) is 0 Å². The van der Waals surface area contributed by atoms with Crippen molar-refractivity contribution in [3.05, 3.63) is 0 Å².